The lowest BCUT2D eigenvalue weighted by molar-refractivity contribution is 0.222. The van der Waals surface area contributed by atoms with E-state index in [0.717, 1.165) is 26.3 Å². The summed E-state index contributed by atoms with van der Waals surface area (Å²) in [5.41, 5.74) is 8.58. The molecular weight excluding hydrogens is 403 g/mol. The minimum atomic E-state index is 0.117. The van der Waals surface area contributed by atoms with E-state index in [-0.39, 0.29) is 6.10 Å². The number of ether oxygens (including phenoxy) is 2. The number of para-hydroxylation sites is 1. The van der Waals surface area contributed by atoms with Gasteiger partial charge in [-0.3, -0.25) is 0 Å². The van der Waals surface area contributed by atoms with E-state index in [1.165, 1.54) is 0 Å². The van der Waals surface area contributed by atoms with Crippen LogP contribution in [0.15, 0.2) is 42.5 Å². The molecular formula is C18H23IN2O2. The Morgan fingerprint density at radius 3 is 2.52 bits per heavy atom. The summed E-state index contributed by atoms with van der Waals surface area (Å²) in [6, 6.07) is 14.2. The first-order valence-corrected chi connectivity index (χ1v) is 8.83. The van der Waals surface area contributed by atoms with Crippen molar-refractivity contribution in [3.63, 3.8) is 0 Å². The topological polar surface area (TPSA) is 42.5 Å². The van der Waals surface area contributed by atoms with Gasteiger partial charge in [0.25, 0.3) is 0 Å². The number of hydrazine groups is 1. The van der Waals surface area contributed by atoms with Crippen molar-refractivity contribution in [3.8, 4) is 11.5 Å². The normalized spacial score (nSPS) is 10.7. The molecule has 0 bridgehead atoms. The van der Waals surface area contributed by atoms with Gasteiger partial charge in [-0.15, -0.1) is 0 Å². The largest absolute Gasteiger partial charge is 0.490 e. The predicted octanol–water partition coefficient (Wildman–Crippen LogP) is 4.59. The van der Waals surface area contributed by atoms with Crippen molar-refractivity contribution in [3.05, 3.63) is 51.6 Å². The number of benzene rings is 2. The van der Waals surface area contributed by atoms with E-state index in [1.54, 1.807) is 0 Å². The zero-order chi connectivity index (χ0) is 16.7. The Kier molecular flexibility index (Phi) is 6.98. The molecule has 124 valence electrons. The maximum atomic E-state index is 5.89. The second-order valence-electron chi connectivity index (χ2n) is 5.35. The molecule has 0 saturated carbocycles. The molecule has 0 fully saturated rings. The van der Waals surface area contributed by atoms with Crippen LogP contribution in [-0.4, -0.2) is 12.7 Å². The van der Waals surface area contributed by atoms with E-state index in [2.05, 4.69) is 39.5 Å². The first-order chi connectivity index (χ1) is 11.1. The van der Waals surface area contributed by atoms with Gasteiger partial charge in [-0.25, -0.2) is 5.43 Å². The van der Waals surface area contributed by atoms with Crippen LogP contribution in [0.2, 0.25) is 0 Å². The molecule has 0 heterocycles. The smallest absolute Gasteiger partial charge is 0.174 e. The Morgan fingerprint density at radius 1 is 1.13 bits per heavy atom. The summed E-state index contributed by atoms with van der Waals surface area (Å²) in [7, 11) is 0. The fourth-order valence-corrected chi connectivity index (χ4v) is 2.90. The lowest BCUT2D eigenvalue weighted by Crippen LogP contribution is -2.21. The van der Waals surface area contributed by atoms with Gasteiger partial charge in [0, 0.05) is 12.2 Å². The molecule has 23 heavy (non-hydrogen) atoms. The molecule has 2 aromatic rings. The molecule has 0 amide bonds. The van der Waals surface area contributed by atoms with Gasteiger partial charge in [-0.05, 0) is 73.2 Å². The van der Waals surface area contributed by atoms with Crippen molar-refractivity contribution in [2.75, 3.05) is 12.0 Å². The van der Waals surface area contributed by atoms with E-state index in [4.69, 9.17) is 9.47 Å². The zero-order valence-electron chi connectivity index (χ0n) is 13.7. The number of halogens is 1. The SMILES string of the molecule is CCOc1cc(CNNc2ccccc2)cc(I)c1OC(C)C. The summed E-state index contributed by atoms with van der Waals surface area (Å²) >= 11 is 2.29. The second-order valence-corrected chi connectivity index (χ2v) is 6.51. The maximum absolute atomic E-state index is 5.89. The van der Waals surface area contributed by atoms with E-state index < -0.39 is 0 Å². The Balaban J connectivity index is 2.06. The van der Waals surface area contributed by atoms with Gasteiger partial charge < -0.3 is 14.9 Å². The standard InChI is InChI=1S/C18H23IN2O2/c1-4-22-17-11-14(10-16(19)18(17)23-13(2)3)12-20-21-15-8-6-5-7-9-15/h5-11,13,20-21H,4,12H2,1-3H3. The molecule has 0 aliphatic carbocycles. The summed E-state index contributed by atoms with van der Waals surface area (Å²) in [6.45, 7) is 7.32. The molecule has 2 aromatic carbocycles. The van der Waals surface area contributed by atoms with Gasteiger partial charge in [0.2, 0.25) is 0 Å². The third-order valence-corrected chi connectivity index (χ3v) is 3.82. The van der Waals surface area contributed by atoms with Crippen LogP contribution < -0.4 is 20.3 Å². The van der Waals surface area contributed by atoms with Gasteiger partial charge in [-0.1, -0.05) is 18.2 Å². The van der Waals surface area contributed by atoms with Crippen LogP contribution in [0.1, 0.15) is 26.3 Å². The zero-order valence-corrected chi connectivity index (χ0v) is 15.9. The van der Waals surface area contributed by atoms with Crippen molar-refractivity contribution >= 4 is 28.3 Å². The van der Waals surface area contributed by atoms with Crippen LogP contribution in [0.3, 0.4) is 0 Å². The Labute approximate surface area is 151 Å². The van der Waals surface area contributed by atoms with E-state index in [0.29, 0.717) is 13.2 Å². The molecule has 0 aliphatic heterocycles. The average molecular weight is 426 g/mol. The number of rotatable bonds is 8. The lowest BCUT2D eigenvalue weighted by atomic mass is 10.2. The number of hydrogen-bond acceptors (Lipinski definition) is 4. The molecule has 0 radical (unpaired) electrons. The molecule has 0 aliphatic rings. The summed E-state index contributed by atoms with van der Waals surface area (Å²) in [6.07, 6.45) is 0.117. The van der Waals surface area contributed by atoms with Gasteiger partial charge in [0.1, 0.15) is 0 Å². The highest BCUT2D eigenvalue weighted by Crippen LogP contribution is 2.35. The summed E-state index contributed by atoms with van der Waals surface area (Å²) in [5.74, 6) is 1.62. The molecule has 0 aromatic heterocycles. The molecule has 0 spiro atoms. The van der Waals surface area contributed by atoms with Crippen LogP contribution in [0.4, 0.5) is 5.69 Å². The fourth-order valence-electron chi connectivity index (χ4n) is 2.11. The van der Waals surface area contributed by atoms with Crippen LogP contribution in [0.5, 0.6) is 11.5 Å². The third kappa shape index (κ3) is 5.58. The molecule has 0 atom stereocenters. The van der Waals surface area contributed by atoms with Crippen molar-refractivity contribution in [2.45, 2.75) is 33.4 Å². The average Bonchev–Trinajstić information content (AvgIpc) is 2.52. The predicted molar refractivity (Wildman–Crippen MR) is 103 cm³/mol. The van der Waals surface area contributed by atoms with Gasteiger partial charge >= 0.3 is 0 Å². The fraction of sp³-hybridized carbons (Fsp3) is 0.333. The molecule has 2 N–H and O–H groups in total. The number of hydrogen-bond donors (Lipinski definition) is 2. The first-order valence-electron chi connectivity index (χ1n) is 7.76. The Bertz CT molecular complexity index is 618. The molecule has 0 saturated heterocycles. The summed E-state index contributed by atoms with van der Waals surface area (Å²) in [5, 5.41) is 0. The highest BCUT2D eigenvalue weighted by atomic mass is 127. The Morgan fingerprint density at radius 2 is 1.87 bits per heavy atom. The highest BCUT2D eigenvalue weighted by molar-refractivity contribution is 14.1. The minimum Gasteiger partial charge on any atom is -0.490 e. The van der Waals surface area contributed by atoms with E-state index in [9.17, 15) is 0 Å². The van der Waals surface area contributed by atoms with Crippen molar-refractivity contribution < 1.29 is 9.47 Å². The quantitative estimate of drug-likeness (QED) is 0.479. The first kappa shape index (κ1) is 17.9. The third-order valence-electron chi connectivity index (χ3n) is 3.02. The van der Waals surface area contributed by atoms with Crippen LogP contribution in [-0.2, 0) is 6.54 Å². The maximum Gasteiger partial charge on any atom is 0.174 e. The molecule has 5 heteroatoms. The number of anilines is 1. The van der Waals surface area contributed by atoms with Gasteiger partial charge in [-0.2, -0.15) is 0 Å². The van der Waals surface area contributed by atoms with E-state index in [1.807, 2.05) is 57.2 Å². The van der Waals surface area contributed by atoms with E-state index >= 15 is 0 Å². The van der Waals surface area contributed by atoms with Crippen LogP contribution >= 0.6 is 22.6 Å². The van der Waals surface area contributed by atoms with Crippen molar-refractivity contribution in [1.29, 1.82) is 0 Å². The number of nitrogens with one attached hydrogen (secondary N) is 2. The second kappa shape index (κ2) is 8.98. The van der Waals surface area contributed by atoms with Crippen LogP contribution in [0.25, 0.3) is 0 Å². The lowest BCUT2D eigenvalue weighted by Gasteiger charge is -2.18. The van der Waals surface area contributed by atoms with Crippen molar-refractivity contribution in [1.82, 2.24) is 5.43 Å². The monoisotopic (exact) mass is 426 g/mol. The molecule has 0 unspecified atom stereocenters. The Hall–Kier alpha value is -1.47. The van der Waals surface area contributed by atoms with Crippen molar-refractivity contribution in [2.24, 2.45) is 0 Å². The minimum absolute atomic E-state index is 0.117. The molecule has 4 nitrogen and oxygen atoms in total. The summed E-state index contributed by atoms with van der Waals surface area (Å²) < 4.78 is 12.7. The summed E-state index contributed by atoms with van der Waals surface area (Å²) in [4.78, 5) is 0. The van der Waals surface area contributed by atoms with Gasteiger partial charge in [0.05, 0.1) is 16.3 Å². The van der Waals surface area contributed by atoms with Crippen LogP contribution in [0, 0.1) is 3.57 Å². The molecule has 2 rings (SSSR count). The highest BCUT2D eigenvalue weighted by Gasteiger charge is 2.13. The van der Waals surface area contributed by atoms with Gasteiger partial charge in [0.15, 0.2) is 11.5 Å².